The van der Waals surface area contributed by atoms with Gasteiger partial charge in [-0.15, -0.1) is 5.10 Å². The van der Waals surface area contributed by atoms with Gasteiger partial charge in [-0.1, -0.05) is 11.3 Å². The third-order valence-corrected chi connectivity index (χ3v) is 6.35. The lowest BCUT2D eigenvalue weighted by atomic mass is 10.1. The molecule has 4 heterocycles. The standard InChI is InChI=1S/C23H24N8O/c1-13-8-18-17(22(24)25-13)5-6-19(18)27-23(32)20-12-31(29-28-20)11-16-10-30-9-15(14-2-3-14)4-7-21(30)26-16/h4,7-10,12,14,19H,2-3,5-6,11H2,1H3,(H2,24,25)(H,27,32). The molecular formula is C23H24N8O. The summed E-state index contributed by atoms with van der Waals surface area (Å²) in [5, 5.41) is 11.3. The lowest BCUT2D eigenvalue weighted by Crippen LogP contribution is -2.27. The summed E-state index contributed by atoms with van der Waals surface area (Å²) in [6, 6.07) is 6.12. The summed E-state index contributed by atoms with van der Waals surface area (Å²) in [7, 11) is 0. The quantitative estimate of drug-likeness (QED) is 0.505. The first kappa shape index (κ1) is 19.0. The highest BCUT2D eigenvalue weighted by Crippen LogP contribution is 2.40. The lowest BCUT2D eigenvalue weighted by molar-refractivity contribution is 0.0931. The zero-order chi connectivity index (χ0) is 21.8. The molecule has 0 aromatic carbocycles. The largest absolute Gasteiger partial charge is 0.383 e. The fourth-order valence-electron chi connectivity index (χ4n) is 4.60. The number of carbonyl (C=O) groups excluding carboxylic acids is 1. The van der Waals surface area contributed by atoms with Crippen molar-refractivity contribution in [1.82, 2.24) is 34.7 Å². The number of hydrogen-bond donors (Lipinski definition) is 2. The fourth-order valence-corrected chi connectivity index (χ4v) is 4.60. The van der Waals surface area contributed by atoms with Crippen LogP contribution >= 0.6 is 0 Å². The predicted octanol–water partition coefficient (Wildman–Crippen LogP) is 2.55. The van der Waals surface area contributed by atoms with Crippen LogP contribution in [0.2, 0.25) is 0 Å². The molecule has 1 saturated carbocycles. The number of fused-ring (bicyclic) bond motifs is 2. The van der Waals surface area contributed by atoms with Crippen LogP contribution < -0.4 is 11.1 Å². The number of nitrogens with zero attached hydrogens (tertiary/aromatic N) is 6. The zero-order valence-electron chi connectivity index (χ0n) is 17.8. The lowest BCUT2D eigenvalue weighted by Gasteiger charge is -2.14. The number of anilines is 1. The molecule has 9 nitrogen and oxygen atoms in total. The molecule has 1 atom stereocenters. The molecule has 1 unspecified atom stereocenters. The Morgan fingerprint density at radius 1 is 1.19 bits per heavy atom. The molecule has 4 aromatic heterocycles. The fraction of sp³-hybridized carbons (Fsp3) is 0.348. The minimum Gasteiger partial charge on any atom is -0.383 e. The molecule has 1 fully saturated rings. The van der Waals surface area contributed by atoms with E-state index in [1.807, 2.05) is 19.2 Å². The summed E-state index contributed by atoms with van der Waals surface area (Å²) in [6.45, 7) is 2.36. The van der Waals surface area contributed by atoms with Gasteiger partial charge in [0, 0.05) is 18.1 Å². The number of nitrogens with one attached hydrogen (secondary N) is 1. The first-order valence-corrected chi connectivity index (χ1v) is 11.0. The SMILES string of the molecule is Cc1cc2c(c(N)n1)CCC2NC(=O)c1cn(Cc2cn3cc(C4CC4)ccc3n2)nn1. The zero-order valence-corrected chi connectivity index (χ0v) is 17.8. The Labute approximate surface area is 184 Å². The molecule has 3 N–H and O–H groups in total. The van der Waals surface area contributed by atoms with Crippen molar-refractivity contribution in [2.24, 2.45) is 0 Å². The highest BCUT2D eigenvalue weighted by atomic mass is 16.2. The van der Waals surface area contributed by atoms with Gasteiger partial charge in [0.1, 0.15) is 11.5 Å². The van der Waals surface area contributed by atoms with Gasteiger partial charge in [-0.05, 0) is 67.3 Å². The van der Waals surface area contributed by atoms with Gasteiger partial charge in [-0.3, -0.25) is 4.79 Å². The van der Waals surface area contributed by atoms with E-state index in [-0.39, 0.29) is 17.6 Å². The Morgan fingerprint density at radius 3 is 2.91 bits per heavy atom. The van der Waals surface area contributed by atoms with E-state index in [0.29, 0.717) is 18.3 Å². The molecule has 2 aliphatic rings. The number of carbonyl (C=O) groups is 1. The van der Waals surface area contributed by atoms with Crippen molar-refractivity contribution in [2.75, 3.05) is 5.73 Å². The average molecular weight is 429 g/mol. The maximum absolute atomic E-state index is 12.8. The summed E-state index contributed by atoms with van der Waals surface area (Å²) in [4.78, 5) is 21.8. The number of imidazole rings is 1. The van der Waals surface area contributed by atoms with Crippen LogP contribution in [0.15, 0.2) is 36.8 Å². The van der Waals surface area contributed by atoms with Gasteiger partial charge < -0.3 is 15.5 Å². The summed E-state index contributed by atoms with van der Waals surface area (Å²) >= 11 is 0. The number of nitrogens with two attached hydrogens (primary N) is 1. The van der Waals surface area contributed by atoms with Crippen molar-refractivity contribution >= 4 is 17.4 Å². The van der Waals surface area contributed by atoms with E-state index in [9.17, 15) is 4.79 Å². The first-order valence-electron chi connectivity index (χ1n) is 11.0. The molecule has 0 spiro atoms. The van der Waals surface area contributed by atoms with E-state index in [2.05, 4.69) is 48.3 Å². The molecule has 9 heteroatoms. The minimum absolute atomic E-state index is 0.0919. The second-order valence-electron chi connectivity index (χ2n) is 8.82. The first-order chi connectivity index (χ1) is 15.5. The molecule has 0 bridgehead atoms. The van der Waals surface area contributed by atoms with Crippen LogP contribution in [0.3, 0.4) is 0 Å². The van der Waals surface area contributed by atoms with Gasteiger partial charge in [0.05, 0.1) is 24.5 Å². The number of rotatable bonds is 5. The molecule has 4 aromatic rings. The Bertz CT molecular complexity index is 1350. The van der Waals surface area contributed by atoms with Gasteiger partial charge >= 0.3 is 0 Å². The Balaban J connectivity index is 1.16. The van der Waals surface area contributed by atoms with Gasteiger partial charge in [0.15, 0.2) is 5.69 Å². The molecule has 6 rings (SSSR count). The van der Waals surface area contributed by atoms with E-state index in [1.54, 1.807) is 10.9 Å². The predicted molar refractivity (Wildman–Crippen MR) is 118 cm³/mol. The van der Waals surface area contributed by atoms with Crippen molar-refractivity contribution in [3.8, 4) is 0 Å². The van der Waals surface area contributed by atoms with Gasteiger partial charge in [0.2, 0.25) is 0 Å². The van der Waals surface area contributed by atoms with E-state index < -0.39 is 0 Å². The van der Waals surface area contributed by atoms with Crippen LogP contribution in [0.25, 0.3) is 5.65 Å². The van der Waals surface area contributed by atoms with Gasteiger partial charge in [0.25, 0.3) is 5.91 Å². The Kier molecular flexibility index (Phi) is 4.24. The van der Waals surface area contributed by atoms with Crippen LogP contribution in [-0.2, 0) is 13.0 Å². The molecule has 32 heavy (non-hydrogen) atoms. The number of aromatic nitrogens is 6. The minimum atomic E-state index is -0.244. The molecule has 2 aliphatic carbocycles. The maximum atomic E-state index is 12.8. The van der Waals surface area contributed by atoms with E-state index >= 15 is 0 Å². The van der Waals surface area contributed by atoms with Crippen molar-refractivity contribution in [1.29, 1.82) is 0 Å². The van der Waals surface area contributed by atoms with Gasteiger partial charge in [-0.2, -0.15) is 0 Å². The summed E-state index contributed by atoms with van der Waals surface area (Å²) in [5.74, 6) is 1.01. The maximum Gasteiger partial charge on any atom is 0.273 e. The van der Waals surface area contributed by atoms with E-state index in [4.69, 9.17) is 5.73 Å². The molecule has 162 valence electrons. The van der Waals surface area contributed by atoms with Crippen molar-refractivity contribution in [2.45, 2.75) is 51.1 Å². The molecule has 0 aliphatic heterocycles. The molecule has 0 saturated heterocycles. The Hall–Kier alpha value is -3.75. The van der Waals surface area contributed by atoms with Crippen molar-refractivity contribution < 1.29 is 4.79 Å². The monoisotopic (exact) mass is 428 g/mol. The van der Waals surface area contributed by atoms with Crippen molar-refractivity contribution in [3.63, 3.8) is 0 Å². The van der Waals surface area contributed by atoms with Crippen molar-refractivity contribution in [3.05, 3.63) is 70.6 Å². The van der Waals surface area contributed by atoms with Crippen LogP contribution in [-0.4, -0.2) is 35.3 Å². The average Bonchev–Trinajstić information content (AvgIpc) is 3.18. The number of pyridine rings is 2. The van der Waals surface area contributed by atoms with Crippen LogP contribution in [0.1, 0.15) is 69.8 Å². The highest BCUT2D eigenvalue weighted by molar-refractivity contribution is 5.92. The topological polar surface area (TPSA) is 116 Å². The van der Waals surface area contributed by atoms with Crippen LogP contribution in [0, 0.1) is 6.92 Å². The number of hydrogen-bond acceptors (Lipinski definition) is 6. The summed E-state index contributed by atoms with van der Waals surface area (Å²) in [6.07, 6.45) is 9.99. The summed E-state index contributed by atoms with van der Waals surface area (Å²) < 4.78 is 3.71. The van der Waals surface area contributed by atoms with Gasteiger partial charge in [-0.25, -0.2) is 14.6 Å². The smallest absolute Gasteiger partial charge is 0.273 e. The molecule has 0 radical (unpaired) electrons. The van der Waals surface area contributed by atoms with E-state index in [0.717, 1.165) is 41.0 Å². The van der Waals surface area contributed by atoms with Crippen LogP contribution in [0.5, 0.6) is 0 Å². The third-order valence-electron chi connectivity index (χ3n) is 6.35. The number of amides is 1. The second kappa shape index (κ2) is 7.15. The number of nitrogen functional groups attached to an aromatic ring is 1. The molecule has 1 amide bonds. The highest BCUT2D eigenvalue weighted by Gasteiger charge is 2.28. The normalized spacial score (nSPS) is 17.6. The molecular weight excluding hydrogens is 404 g/mol. The second-order valence-corrected chi connectivity index (χ2v) is 8.82. The number of aryl methyl sites for hydroxylation is 1. The Morgan fingerprint density at radius 2 is 2.06 bits per heavy atom. The van der Waals surface area contributed by atoms with Crippen LogP contribution in [0.4, 0.5) is 5.82 Å². The third kappa shape index (κ3) is 3.39. The van der Waals surface area contributed by atoms with E-state index in [1.165, 1.54) is 18.4 Å². The summed E-state index contributed by atoms with van der Waals surface area (Å²) in [5.41, 5.74) is 12.4.